The fourth-order valence-corrected chi connectivity index (χ4v) is 2.39. The summed E-state index contributed by atoms with van der Waals surface area (Å²) >= 11 is 3.24. The van der Waals surface area contributed by atoms with E-state index in [9.17, 15) is 14.9 Å². The van der Waals surface area contributed by atoms with Crippen LogP contribution in [-0.4, -0.2) is 29.1 Å². The molecule has 0 aromatic heterocycles. The first-order chi connectivity index (χ1) is 9.46. The third-order valence-corrected chi connectivity index (χ3v) is 4.29. The van der Waals surface area contributed by atoms with Crippen LogP contribution in [0.5, 0.6) is 0 Å². The van der Waals surface area contributed by atoms with Crippen LogP contribution in [-0.2, 0) is 11.2 Å². The molecule has 1 amide bonds. The van der Waals surface area contributed by atoms with Gasteiger partial charge in [-0.2, -0.15) is 0 Å². The van der Waals surface area contributed by atoms with Crippen molar-refractivity contribution in [2.24, 2.45) is 5.41 Å². The van der Waals surface area contributed by atoms with Crippen LogP contribution in [0.2, 0.25) is 0 Å². The van der Waals surface area contributed by atoms with E-state index in [1.54, 1.807) is 6.07 Å². The molecule has 2 rings (SSSR count). The average Bonchev–Trinajstić information content (AvgIpc) is 3.19. The molecular weight excluding hydrogens is 328 g/mol. The van der Waals surface area contributed by atoms with E-state index in [1.165, 1.54) is 12.1 Å². The molecule has 0 heterocycles. The van der Waals surface area contributed by atoms with E-state index in [0.29, 0.717) is 16.6 Å². The summed E-state index contributed by atoms with van der Waals surface area (Å²) in [5.41, 5.74) is 0.558. The number of amides is 1. The Bertz CT molecular complexity index is 543. The predicted molar refractivity (Wildman–Crippen MR) is 76.3 cm³/mol. The molecule has 0 unspecified atom stereocenters. The normalized spacial score (nSPS) is 15.7. The second-order valence-electron chi connectivity index (χ2n) is 5.14. The lowest BCUT2D eigenvalue weighted by atomic mass is 10.1. The first-order valence-corrected chi connectivity index (χ1v) is 7.05. The number of carbonyl (C=O) groups excluding carboxylic acids is 1. The summed E-state index contributed by atoms with van der Waals surface area (Å²) in [5.74, 6) is -0.153. The van der Waals surface area contributed by atoms with E-state index in [-0.39, 0.29) is 30.0 Å². The number of aliphatic hydroxyl groups excluding tert-OH is 1. The fourth-order valence-electron chi connectivity index (χ4n) is 1.88. The van der Waals surface area contributed by atoms with Crippen LogP contribution < -0.4 is 5.32 Å². The van der Waals surface area contributed by atoms with Crippen LogP contribution in [0.3, 0.4) is 0 Å². The number of nitro benzene ring substituents is 1. The Labute approximate surface area is 124 Å². The zero-order valence-corrected chi connectivity index (χ0v) is 12.4. The van der Waals surface area contributed by atoms with E-state index in [0.717, 1.165) is 12.8 Å². The van der Waals surface area contributed by atoms with Gasteiger partial charge in [0.15, 0.2) is 0 Å². The highest BCUT2D eigenvalue weighted by molar-refractivity contribution is 9.10. The molecule has 1 aromatic carbocycles. The van der Waals surface area contributed by atoms with Crippen LogP contribution in [0.25, 0.3) is 0 Å². The van der Waals surface area contributed by atoms with Gasteiger partial charge in [0.2, 0.25) is 5.91 Å². The Morgan fingerprint density at radius 3 is 2.70 bits per heavy atom. The third-order valence-electron chi connectivity index (χ3n) is 3.55. The van der Waals surface area contributed by atoms with Gasteiger partial charge in [-0.1, -0.05) is 22.0 Å². The molecular formula is C13H15BrN2O4. The van der Waals surface area contributed by atoms with Crippen LogP contribution in [0, 0.1) is 15.5 Å². The van der Waals surface area contributed by atoms with Gasteiger partial charge >= 0.3 is 0 Å². The first kappa shape index (κ1) is 14.9. The van der Waals surface area contributed by atoms with E-state index >= 15 is 0 Å². The standard InChI is InChI=1S/C13H15BrN2O4/c14-11-6-10(16(19)20)2-1-9(11)5-12(18)15-7-13(8-17)3-4-13/h1-2,6,17H,3-5,7-8H2,(H,15,18). The Hall–Kier alpha value is -1.47. The zero-order valence-electron chi connectivity index (χ0n) is 10.8. The lowest BCUT2D eigenvalue weighted by Gasteiger charge is -2.13. The number of non-ortho nitro benzene ring substituents is 1. The molecule has 20 heavy (non-hydrogen) atoms. The van der Waals surface area contributed by atoms with Gasteiger partial charge in [-0.15, -0.1) is 0 Å². The van der Waals surface area contributed by atoms with Crippen LogP contribution in [0.4, 0.5) is 5.69 Å². The maximum absolute atomic E-state index is 11.8. The second kappa shape index (κ2) is 5.88. The predicted octanol–water partition coefficient (Wildman–Crippen LogP) is 1.79. The van der Waals surface area contributed by atoms with Gasteiger partial charge < -0.3 is 10.4 Å². The van der Waals surface area contributed by atoms with Crippen LogP contribution in [0.15, 0.2) is 22.7 Å². The second-order valence-corrected chi connectivity index (χ2v) is 6.00. The van der Waals surface area contributed by atoms with Gasteiger partial charge in [-0.25, -0.2) is 0 Å². The maximum atomic E-state index is 11.8. The molecule has 2 N–H and O–H groups in total. The van der Waals surface area contributed by atoms with Gasteiger partial charge in [0, 0.05) is 28.6 Å². The van der Waals surface area contributed by atoms with E-state index in [1.807, 2.05) is 0 Å². The molecule has 0 aliphatic heterocycles. The molecule has 6 nitrogen and oxygen atoms in total. The van der Waals surface area contributed by atoms with Crippen molar-refractivity contribution in [2.75, 3.05) is 13.2 Å². The Morgan fingerprint density at radius 1 is 1.50 bits per heavy atom. The maximum Gasteiger partial charge on any atom is 0.270 e. The van der Waals surface area contributed by atoms with Crippen molar-refractivity contribution in [3.63, 3.8) is 0 Å². The molecule has 1 fully saturated rings. The Morgan fingerprint density at radius 2 is 2.20 bits per heavy atom. The zero-order chi connectivity index (χ0) is 14.8. The molecule has 0 saturated heterocycles. The summed E-state index contributed by atoms with van der Waals surface area (Å²) in [7, 11) is 0. The van der Waals surface area contributed by atoms with Crippen molar-refractivity contribution in [3.8, 4) is 0 Å². The molecule has 1 aromatic rings. The van der Waals surface area contributed by atoms with Gasteiger partial charge in [-0.05, 0) is 18.4 Å². The molecule has 0 radical (unpaired) electrons. The van der Waals surface area contributed by atoms with Gasteiger partial charge in [0.05, 0.1) is 18.0 Å². The van der Waals surface area contributed by atoms with Gasteiger partial charge in [-0.3, -0.25) is 14.9 Å². The highest BCUT2D eigenvalue weighted by atomic mass is 79.9. The number of hydrogen-bond acceptors (Lipinski definition) is 4. The quantitative estimate of drug-likeness (QED) is 0.608. The largest absolute Gasteiger partial charge is 0.396 e. The van der Waals surface area contributed by atoms with Crippen LogP contribution >= 0.6 is 15.9 Å². The number of nitro groups is 1. The van der Waals surface area contributed by atoms with E-state index < -0.39 is 4.92 Å². The molecule has 7 heteroatoms. The molecule has 0 atom stereocenters. The number of nitrogens with one attached hydrogen (secondary N) is 1. The minimum absolute atomic E-state index is 0.0155. The number of aliphatic hydroxyl groups is 1. The summed E-state index contributed by atoms with van der Waals surface area (Å²) < 4.78 is 0.546. The Balaban J connectivity index is 1.92. The molecule has 108 valence electrons. The smallest absolute Gasteiger partial charge is 0.270 e. The summed E-state index contributed by atoms with van der Waals surface area (Å²) in [4.78, 5) is 22.0. The lowest BCUT2D eigenvalue weighted by molar-refractivity contribution is -0.384. The van der Waals surface area contributed by atoms with Crippen molar-refractivity contribution in [3.05, 3.63) is 38.3 Å². The van der Waals surface area contributed by atoms with Crippen molar-refractivity contribution in [1.82, 2.24) is 5.32 Å². The van der Waals surface area contributed by atoms with Crippen molar-refractivity contribution >= 4 is 27.5 Å². The number of carbonyl (C=O) groups is 1. The minimum Gasteiger partial charge on any atom is -0.396 e. The molecule has 0 bridgehead atoms. The molecule has 1 aliphatic rings. The van der Waals surface area contributed by atoms with Gasteiger partial charge in [0.1, 0.15) is 0 Å². The summed E-state index contributed by atoms with van der Waals surface area (Å²) in [6, 6.07) is 4.34. The van der Waals surface area contributed by atoms with Crippen molar-refractivity contribution < 1.29 is 14.8 Å². The molecule has 0 spiro atoms. The fraction of sp³-hybridized carbons (Fsp3) is 0.462. The third kappa shape index (κ3) is 3.55. The number of halogens is 1. The first-order valence-electron chi connectivity index (χ1n) is 6.26. The van der Waals surface area contributed by atoms with Crippen LogP contribution in [0.1, 0.15) is 18.4 Å². The lowest BCUT2D eigenvalue weighted by Crippen LogP contribution is -2.32. The van der Waals surface area contributed by atoms with E-state index in [4.69, 9.17) is 5.11 Å². The summed E-state index contributed by atoms with van der Waals surface area (Å²) in [6.07, 6.45) is 2.02. The number of rotatable bonds is 6. The number of nitrogens with zero attached hydrogens (tertiary/aromatic N) is 1. The monoisotopic (exact) mass is 342 g/mol. The SMILES string of the molecule is O=C(Cc1ccc([N+](=O)[O-])cc1Br)NCC1(CO)CC1. The highest BCUT2D eigenvalue weighted by Gasteiger charge is 2.42. The number of hydrogen-bond donors (Lipinski definition) is 2. The minimum atomic E-state index is -0.479. The molecule has 1 aliphatic carbocycles. The average molecular weight is 343 g/mol. The highest BCUT2D eigenvalue weighted by Crippen LogP contribution is 2.44. The summed E-state index contributed by atoms with van der Waals surface area (Å²) in [5, 5.41) is 22.6. The summed E-state index contributed by atoms with van der Waals surface area (Å²) in [6.45, 7) is 0.571. The topological polar surface area (TPSA) is 92.5 Å². The number of benzene rings is 1. The Kier molecular flexibility index (Phi) is 4.39. The van der Waals surface area contributed by atoms with E-state index in [2.05, 4.69) is 21.2 Å². The molecule has 1 saturated carbocycles. The van der Waals surface area contributed by atoms with Crippen molar-refractivity contribution in [2.45, 2.75) is 19.3 Å². The van der Waals surface area contributed by atoms with Crippen molar-refractivity contribution in [1.29, 1.82) is 0 Å². The van der Waals surface area contributed by atoms with Gasteiger partial charge in [0.25, 0.3) is 5.69 Å².